The van der Waals surface area contributed by atoms with Crippen LogP contribution in [0.3, 0.4) is 0 Å². The Morgan fingerprint density at radius 1 is 0.968 bits per heavy atom. The predicted octanol–water partition coefficient (Wildman–Crippen LogP) is 5.90. The fourth-order valence-electron chi connectivity index (χ4n) is 3.27. The molecular formula is C24H20ClFN4O. The van der Waals surface area contributed by atoms with E-state index in [-0.39, 0.29) is 11.6 Å². The number of hydrogen-bond donors (Lipinski definition) is 1. The largest absolute Gasteiger partial charge is 0.319 e. The van der Waals surface area contributed by atoms with Crippen LogP contribution in [0.4, 0.5) is 10.1 Å². The van der Waals surface area contributed by atoms with Crippen molar-refractivity contribution >= 4 is 23.2 Å². The smallest absolute Gasteiger partial charge is 0.295 e. The third-order valence-corrected chi connectivity index (χ3v) is 5.44. The molecule has 0 aliphatic heterocycles. The highest BCUT2D eigenvalue weighted by Gasteiger charge is 2.20. The topological polar surface area (TPSA) is 59.8 Å². The minimum atomic E-state index is -0.433. The fraction of sp³-hybridized carbons (Fsp3) is 0.125. The number of anilines is 1. The number of amides is 1. The maximum absolute atomic E-state index is 13.5. The molecule has 0 saturated carbocycles. The molecule has 0 bridgehead atoms. The van der Waals surface area contributed by atoms with Gasteiger partial charge in [0, 0.05) is 16.3 Å². The van der Waals surface area contributed by atoms with Crippen LogP contribution in [-0.4, -0.2) is 20.7 Å². The maximum atomic E-state index is 13.5. The SMILES string of the molecule is Cc1ccc(-n2nc(C(=O)Nc3c(C)cccc3C)nc2-c2ccc(F)cc2)cc1Cl. The minimum Gasteiger partial charge on any atom is -0.319 e. The Morgan fingerprint density at radius 3 is 2.29 bits per heavy atom. The first-order valence-electron chi connectivity index (χ1n) is 9.70. The van der Waals surface area contributed by atoms with Gasteiger partial charge in [-0.25, -0.2) is 14.1 Å². The summed E-state index contributed by atoms with van der Waals surface area (Å²) >= 11 is 6.30. The summed E-state index contributed by atoms with van der Waals surface area (Å²) in [5.74, 6) is -0.385. The Balaban J connectivity index is 1.80. The van der Waals surface area contributed by atoms with Gasteiger partial charge in [0.25, 0.3) is 5.91 Å². The van der Waals surface area contributed by atoms with Crippen LogP contribution in [-0.2, 0) is 0 Å². The van der Waals surface area contributed by atoms with E-state index >= 15 is 0 Å². The molecular weight excluding hydrogens is 415 g/mol. The zero-order valence-corrected chi connectivity index (χ0v) is 18.0. The Labute approximate surface area is 184 Å². The number of aromatic nitrogens is 3. The number of hydrogen-bond acceptors (Lipinski definition) is 3. The van der Waals surface area contributed by atoms with E-state index in [0.29, 0.717) is 22.1 Å². The average molecular weight is 435 g/mol. The van der Waals surface area contributed by atoms with Crippen molar-refractivity contribution in [3.05, 3.63) is 94.0 Å². The van der Waals surface area contributed by atoms with E-state index in [4.69, 9.17) is 11.6 Å². The second-order valence-electron chi connectivity index (χ2n) is 7.33. The molecule has 1 heterocycles. The molecule has 0 saturated heterocycles. The highest BCUT2D eigenvalue weighted by atomic mass is 35.5. The van der Waals surface area contributed by atoms with E-state index in [1.807, 2.05) is 51.1 Å². The summed E-state index contributed by atoms with van der Waals surface area (Å²) in [6.45, 7) is 5.75. The van der Waals surface area contributed by atoms with Crippen LogP contribution >= 0.6 is 11.6 Å². The van der Waals surface area contributed by atoms with Gasteiger partial charge >= 0.3 is 0 Å². The van der Waals surface area contributed by atoms with Crippen molar-refractivity contribution in [2.24, 2.45) is 0 Å². The molecule has 31 heavy (non-hydrogen) atoms. The standard InChI is InChI=1S/C24H20ClFN4O/c1-14-7-12-19(13-20(14)25)30-23(17-8-10-18(26)11-9-17)28-22(29-30)24(31)27-21-15(2)5-4-6-16(21)3/h4-13H,1-3H3,(H,27,31). The molecule has 4 rings (SSSR count). The number of carbonyl (C=O) groups excluding carboxylic acids is 1. The molecule has 5 nitrogen and oxygen atoms in total. The van der Waals surface area contributed by atoms with Gasteiger partial charge in [-0.2, -0.15) is 0 Å². The highest BCUT2D eigenvalue weighted by Crippen LogP contribution is 2.26. The van der Waals surface area contributed by atoms with Crippen LogP contribution < -0.4 is 5.32 Å². The minimum absolute atomic E-state index is 0.00123. The van der Waals surface area contributed by atoms with Gasteiger partial charge in [-0.3, -0.25) is 4.79 Å². The Morgan fingerprint density at radius 2 is 1.65 bits per heavy atom. The number of rotatable bonds is 4. The van der Waals surface area contributed by atoms with Crippen molar-refractivity contribution in [2.75, 3.05) is 5.32 Å². The molecule has 0 fully saturated rings. The molecule has 0 aliphatic rings. The second kappa shape index (κ2) is 8.32. The molecule has 7 heteroatoms. The van der Waals surface area contributed by atoms with E-state index in [2.05, 4.69) is 15.4 Å². The molecule has 4 aromatic rings. The third-order valence-electron chi connectivity index (χ3n) is 5.03. The lowest BCUT2D eigenvalue weighted by molar-refractivity contribution is 0.101. The number of aryl methyl sites for hydroxylation is 3. The van der Waals surface area contributed by atoms with Crippen LogP contribution in [0, 0.1) is 26.6 Å². The van der Waals surface area contributed by atoms with Gasteiger partial charge in [0.05, 0.1) is 5.69 Å². The van der Waals surface area contributed by atoms with Crippen LogP contribution in [0.2, 0.25) is 5.02 Å². The third kappa shape index (κ3) is 4.20. The first-order valence-corrected chi connectivity index (χ1v) is 10.1. The second-order valence-corrected chi connectivity index (χ2v) is 7.74. The zero-order valence-electron chi connectivity index (χ0n) is 17.3. The van der Waals surface area contributed by atoms with Gasteiger partial charge in [-0.05, 0) is 73.9 Å². The zero-order chi connectivity index (χ0) is 22.1. The van der Waals surface area contributed by atoms with Crippen molar-refractivity contribution in [3.8, 4) is 17.1 Å². The van der Waals surface area contributed by atoms with Gasteiger partial charge < -0.3 is 5.32 Å². The summed E-state index contributed by atoms with van der Waals surface area (Å²) in [6, 6.07) is 17.1. The Bertz CT molecular complexity index is 1260. The molecule has 0 atom stereocenters. The number of nitrogens with zero attached hydrogens (tertiary/aromatic N) is 3. The summed E-state index contributed by atoms with van der Waals surface area (Å²) in [4.78, 5) is 17.5. The van der Waals surface area contributed by atoms with Crippen molar-refractivity contribution < 1.29 is 9.18 Å². The lowest BCUT2D eigenvalue weighted by Crippen LogP contribution is -2.16. The number of nitrogens with one attached hydrogen (secondary N) is 1. The first kappa shape index (κ1) is 20.8. The van der Waals surface area contributed by atoms with E-state index in [1.165, 1.54) is 16.8 Å². The lowest BCUT2D eigenvalue weighted by Gasteiger charge is -2.09. The van der Waals surface area contributed by atoms with Gasteiger partial charge in [-0.1, -0.05) is 35.9 Å². The first-order chi connectivity index (χ1) is 14.8. The van der Waals surface area contributed by atoms with Crippen molar-refractivity contribution in [3.63, 3.8) is 0 Å². The number of halogens is 2. The monoisotopic (exact) mass is 434 g/mol. The van der Waals surface area contributed by atoms with Crippen LogP contribution in [0.15, 0.2) is 60.7 Å². The summed E-state index contributed by atoms with van der Waals surface area (Å²) in [7, 11) is 0. The van der Waals surface area contributed by atoms with Crippen molar-refractivity contribution in [1.82, 2.24) is 14.8 Å². The van der Waals surface area contributed by atoms with Crippen LogP contribution in [0.25, 0.3) is 17.1 Å². The molecule has 1 aromatic heterocycles. The summed E-state index contributed by atoms with van der Waals surface area (Å²) in [6.07, 6.45) is 0. The molecule has 156 valence electrons. The van der Waals surface area contributed by atoms with Gasteiger partial charge in [0.1, 0.15) is 5.82 Å². The van der Waals surface area contributed by atoms with E-state index < -0.39 is 5.91 Å². The molecule has 0 spiro atoms. The van der Waals surface area contributed by atoms with Gasteiger partial charge in [0.2, 0.25) is 5.82 Å². The average Bonchev–Trinajstić information content (AvgIpc) is 3.19. The summed E-state index contributed by atoms with van der Waals surface area (Å²) in [5, 5.41) is 7.92. The molecule has 0 unspecified atom stereocenters. The van der Waals surface area contributed by atoms with Crippen molar-refractivity contribution in [2.45, 2.75) is 20.8 Å². The summed E-state index contributed by atoms with van der Waals surface area (Å²) in [5.41, 5.74) is 4.80. The Hall–Kier alpha value is -3.51. The fourth-order valence-corrected chi connectivity index (χ4v) is 3.44. The van der Waals surface area contributed by atoms with Crippen molar-refractivity contribution in [1.29, 1.82) is 0 Å². The highest BCUT2D eigenvalue weighted by molar-refractivity contribution is 6.31. The normalized spacial score (nSPS) is 10.9. The van der Waals surface area contributed by atoms with Crippen LogP contribution in [0.5, 0.6) is 0 Å². The quantitative estimate of drug-likeness (QED) is 0.434. The summed E-state index contributed by atoms with van der Waals surface area (Å²) < 4.78 is 15.0. The lowest BCUT2D eigenvalue weighted by atomic mass is 10.1. The Kier molecular flexibility index (Phi) is 5.57. The van der Waals surface area contributed by atoms with Crippen LogP contribution in [0.1, 0.15) is 27.3 Å². The molecule has 1 amide bonds. The van der Waals surface area contributed by atoms with E-state index in [1.54, 1.807) is 18.2 Å². The number of carbonyl (C=O) groups is 1. The van der Waals surface area contributed by atoms with E-state index in [0.717, 1.165) is 22.4 Å². The molecule has 1 N–H and O–H groups in total. The number of para-hydroxylation sites is 1. The molecule has 0 aliphatic carbocycles. The van der Waals surface area contributed by atoms with E-state index in [9.17, 15) is 9.18 Å². The van der Waals surface area contributed by atoms with Gasteiger partial charge in [0.15, 0.2) is 5.82 Å². The predicted molar refractivity (Wildman–Crippen MR) is 120 cm³/mol. The molecule has 3 aromatic carbocycles. The van der Waals surface area contributed by atoms with Gasteiger partial charge in [-0.15, -0.1) is 5.10 Å². The maximum Gasteiger partial charge on any atom is 0.295 e. The number of benzene rings is 3. The molecule has 0 radical (unpaired) electrons.